The van der Waals surface area contributed by atoms with Crippen LogP contribution in [-0.4, -0.2) is 31.4 Å². The van der Waals surface area contributed by atoms with Crippen molar-refractivity contribution in [3.63, 3.8) is 0 Å². The molecule has 0 aliphatic rings. The number of carbonyl (C=O) groups is 1. The molecule has 0 unspecified atom stereocenters. The van der Waals surface area contributed by atoms with Gasteiger partial charge in [0, 0.05) is 18.1 Å². The Labute approximate surface area is 123 Å². The summed E-state index contributed by atoms with van der Waals surface area (Å²) < 4.78 is 22.4. The van der Waals surface area contributed by atoms with Crippen LogP contribution < -0.4 is 10.6 Å². The molecule has 0 bridgehead atoms. The van der Waals surface area contributed by atoms with Crippen LogP contribution in [0.4, 0.5) is 11.4 Å². The van der Waals surface area contributed by atoms with Crippen molar-refractivity contribution in [2.24, 2.45) is 0 Å². The second-order valence-corrected chi connectivity index (χ2v) is 6.63. The minimum atomic E-state index is -3.18. The normalized spacial score (nSPS) is 10.9. The first-order valence-corrected chi connectivity index (χ1v) is 8.24. The Morgan fingerprint density at radius 2 is 1.95 bits per heavy atom. The Bertz CT molecular complexity index is 730. The van der Waals surface area contributed by atoms with Crippen LogP contribution in [0.25, 0.3) is 0 Å². The van der Waals surface area contributed by atoms with Crippen LogP contribution in [0, 0.1) is 0 Å². The number of pyridine rings is 1. The molecular weight excluding hydrogens is 290 g/mol. The van der Waals surface area contributed by atoms with E-state index in [1.54, 1.807) is 42.6 Å². The molecule has 1 aromatic carbocycles. The van der Waals surface area contributed by atoms with Crippen molar-refractivity contribution in [1.82, 2.24) is 4.98 Å². The van der Waals surface area contributed by atoms with Crippen LogP contribution >= 0.6 is 0 Å². The molecule has 0 radical (unpaired) electrons. The van der Waals surface area contributed by atoms with Crippen molar-refractivity contribution in [2.45, 2.75) is 0 Å². The van der Waals surface area contributed by atoms with Crippen LogP contribution in [0.5, 0.6) is 0 Å². The minimum Gasteiger partial charge on any atom is -0.371 e. The maximum Gasteiger partial charge on any atom is 0.257 e. The summed E-state index contributed by atoms with van der Waals surface area (Å²) in [6.07, 6.45) is 4.26. The molecule has 0 spiro atoms. The van der Waals surface area contributed by atoms with E-state index in [1.165, 1.54) is 6.20 Å². The number of amides is 1. The van der Waals surface area contributed by atoms with Crippen molar-refractivity contribution in [3.05, 3.63) is 54.4 Å². The SMILES string of the molecule is CS(=O)(=O)CNc1ccccc1C(=O)Nc1cccnc1. The molecule has 110 valence electrons. The van der Waals surface area contributed by atoms with Gasteiger partial charge in [-0.3, -0.25) is 9.78 Å². The van der Waals surface area contributed by atoms with Crippen molar-refractivity contribution >= 4 is 27.1 Å². The summed E-state index contributed by atoms with van der Waals surface area (Å²) in [7, 11) is -3.18. The Morgan fingerprint density at radius 3 is 2.62 bits per heavy atom. The summed E-state index contributed by atoms with van der Waals surface area (Å²) in [4.78, 5) is 16.1. The van der Waals surface area contributed by atoms with Crippen LogP contribution in [0.1, 0.15) is 10.4 Å². The highest BCUT2D eigenvalue weighted by molar-refractivity contribution is 7.90. The van der Waals surface area contributed by atoms with Crippen molar-refractivity contribution in [3.8, 4) is 0 Å². The predicted molar refractivity (Wildman–Crippen MR) is 82.0 cm³/mol. The number of nitrogens with one attached hydrogen (secondary N) is 2. The van der Waals surface area contributed by atoms with Crippen LogP contribution in [0.15, 0.2) is 48.8 Å². The fourth-order valence-electron chi connectivity index (χ4n) is 1.68. The van der Waals surface area contributed by atoms with E-state index in [9.17, 15) is 13.2 Å². The molecule has 21 heavy (non-hydrogen) atoms. The number of rotatable bonds is 5. The molecular formula is C14H15N3O3S. The van der Waals surface area contributed by atoms with E-state index in [0.29, 0.717) is 16.9 Å². The highest BCUT2D eigenvalue weighted by Crippen LogP contribution is 2.17. The third-order valence-corrected chi connectivity index (χ3v) is 3.28. The Hall–Kier alpha value is -2.41. The predicted octanol–water partition coefficient (Wildman–Crippen LogP) is 1.75. The van der Waals surface area contributed by atoms with E-state index >= 15 is 0 Å². The first-order valence-electron chi connectivity index (χ1n) is 6.18. The molecule has 1 amide bonds. The van der Waals surface area contributed by atoms with Gasteiger partial charge < -0.3 is 10.6 Å². The molecule has 1 aromatic heterocycles. The highest BCUT2D eigenvalue weighted by atomic mass is 32.2. The average Bonchev–Trinajstić information content (AvgIpc) is 2.46. The zero-order valence-electron chi connectivity index (χ0n) is 11.4. The zero-order chi connectivity index (χ0) is 15.3. The summed E-state index contributed by atoms with van der Waals surface area (Å²) in [6.45, 7) is 0. The monoisotopic (exact) mass is 305 g/mol. The number of nitrogens with zero attached hydrogens (tertiary/aromatic N) is 1. The summed E-state index contributed by atoms with van der Waals surface area (Å²) in [6, 6.07) is 10.1. The van der Waals surface area contributed by atoms with Crippen LogP contribution in [0.3, 0.4) is 0 Å². The topological polar surface area (TPSA) is 88.2 Å². The maximum atomic E-state index is 12.2. The van der Waals surface area contributed by atoms with Gasteiger partial charge in [0.1, 0.15) is 5.88 Å². The van der Waals surface area contributed by atoms with Crippen molar-refractivity contribution in [1.29, 1.82) is 0 Å². The van der Waals surface area contributed by atoms with Gasteiger partial charge in [-0.05, 0) is 24.3 Å². The fraction of sp³-hybridized carbons (Fsp3) is 0.143. The number of aromatic nitrogens is 1. The van der Waals surface area contributed by atoms with Crippen LogP contribution in [0.2, 0.25) is 0 Å². The van der Waals surface area contributed by atoms with Gasteiger partial charge in [0.25, 0.3) is 5.91 Å². The van der Waals surface area contributed by atoms with Gasteiger partial charge in [0.05, 0.1) is 17.4 Å². The number of benzene rings is 1. The third kappa shape index (κ3) is 4.57. The molecule has 1 heterocycles. The summed E-state index contributed by atoms with van der Waals surface area (Å²) >= 11 is 0. The fourth-order valence-corrected chi connectivity index (χ4v) is 2.10. The Kier molecular flexibility index (Phi) is 4.54. The van der Waals surface area contributed by atoms with Gasteiger partial charge in [-0.15, -0.1) is 0 Å². The maximum absolute atomic E-state index is 12.2. The summed E-state index contributed by atoms with van der Waals surface area (Å²) in [5.41, 5.74) is 1.40. The molecule has 7 heteroatoms. The molecule has 0 aliphatic carbocycles. The molecule has 0 aliphatic heterocycles. The van der Waals surface area contributed by atoms with E-state index in [4.69, 9.17) is 0 Å². The number of sulfone groups is 1. The van der Waals surface area contributed by atoms with E-state index in [1.807, 2.05) is 0 Å². The van der Waals surface area contributed by atoms with Gasteiger partial charge in [-0.1, -0.05) is 12.1 Å². The van der Waals surface area contributed by atoms with Crippen molar-refractivity contribution < 1.29 is 13.2 Å². The van der Waals surface area contributed by atoms with Gasteiger partial charge in [0.2, 0.25) is 0 Å². The smallest absolute Gasteiger partial charge is 0.257 e. The van der Waals surface area contributed by atoms with E-state index in [2.05, 4.69) is 15.6 Å². The highest BCUT2D eigenvalue weighted by Gasteiger charge is 2.12. The largest absolute Gasteiger partial charge is 0.371 e. The van der Waals surface area contributed by atoms with Gasteiger partial charge >= 0.3 is 0 Å². The number of carbonyl (C=O) groups excluding carboxylic acids is 1. The average molecular weight is 305 g/mol. The standard InChI is InChI=1S/C14H15N3O3S/c1-21(19,20)10-16-13-7-3-2-6-12(13)14(18)17-11-5-4-8-15-9-11/h2-9,16H,10H2,1H3,(H,17,18). The lowest BCUT2D eigenvalue weighted by Gasteiger charge is -2.11. The summed E-state index contributed by atoms with van der Waals surface area (Å²) in [5.74, 6) is -0.566. The molecule has 6 nitrogen and oxygen atoms in total. The number of hydrogen-bond acceptors (Lipinski definition) is 5. The molecule has 2 rings (SSSR count). The lowest BCUT2D eigenvalue weighted by Crippen LogP contribution is -2.18. The lowest BCUT2D eigenvalue weighted by molar-refractivity contribution is 0.102. The van der Waals surface area contributed by atoms with Gasteiger partial charge in [0.15, 0.2) is 9.84 Å². The number of anilines is 2. The molecule has 0 atom stereocenters. The Morgan fingerprint density at radius 1 is 1.19 bits per heavy atom. The summed E-state index contributed by atoms with van der Waals surface area (Å²) in [5, 5.41) is 5.46. The van der Waals surface area contributed by atoms with E-state index in [0.717, 1.165) is 6.26 Å². The van der Waals surface area contributed by atoms with Crippen molar-refractivity contribution in [2.75, 3.05) is 22.8 Å². The second kappa shape index (κ2) is 6.36. The minimum absolute atomic E-state index is 0.232. The third-order valence-electron chi connectivity index (χ3n) is 2.62. The first-order chi connectivity index (χ1) is 9.96. The first kappa shape index (κ1) is 15.0. The lowest BCUT2D eigenvalue weighted by atomic mass is 10.1. The Balaban J connectivity index is 2.17. The molecule has 0 saturated carbocycles. The molecule has 2 aromatic rings. The number of para-hydroxylation sites is 1. The van der Waals surface area contributed by atoms with Gasteiger partial charge in [-0.2, -0.15) is 0 Å². The van der Waals surface area contributed by atoms with Crippen LogP contribution in [-0.2, 0) is 9.84 Å². The molecule has 0 fully saturated rings. The zero-order valence-corrected chi connectivity index (χ0v) is 12.2. The quantitative estimate of drug-likeness (QED) is 0.878. The molecule has 0 saturated heterocycles. The van der Waals surface area contributed by atoms with Gasteiger partial charge in [-0.25, -0.2) is 8.42 Å². The van der Waals surface area contributed by atoms with E-state index in [-0.39, 0.29) is 11.8 Å². The number of hydrogen-bond donors (Lipinski definition) is 2. The van der Waals surface area contributed by atoms with E-state index < -0.39 is 9.84 Å². The molecule has 2 N–H and O–H groups in total. The second-order valence-electron chi connectivity index (χ2n) is 4.49.